The van der Waals surface area contributed by atoms with E-state index in [0.29, 0.717) is 12.1 Å². The number of aryl methyl sites for hydroxylation is 1. The van der Waals surface area contributed by atoms with Gasteiger partial charge in [0.15, 0.2) is 0 Å². The van der Waals surface area contributed by atoms with E-state index < -0.39 is 0 Å². The Hall–Kier alpha value is -0.820. The Kier molecular flexibility index (Phi) is 7.04. The van der Waals surface area contributed by atoms with Crippen molar-refractivity contribution in [2.45, 2.75) is 71.9 Å². The van der Waals surface area contributed by atoms with E-state index in [1.807, 2.05) is 0 Å². The van der Waals surface area contributed by atoms with Crippen LogP contribution in [0.25, 0.3) is 0 Å². The van der Waals surface area contributed by atoms with Gasteiger partial charge in [-0.25, -0.2) is 0 Å². The molecule has 0 saturated heterocycles. The van der Waals surface area contributed by atoms with Crippen LogP contribution in [0.4, 0.5) is 0 Å². The molecule has 0 aromatic heterocycles. The first kappa shape index (κ1) is 15.2. The number of rotatable bonds is 8. The molecule has 0 spiro atoms. The van der Waals surface area contributed by atoms with Crippen LogP contribution in [0.1, 0.15) is 70.5 Å². The van der Waals surface area contributed by atoms with Crippen molar-refractivity contribution < 1.29 is 0 Å². The van der Waals surface area contributed by atoms with Crippen molar-refractivity contribution in [3.8, 4) is 0 Å². The van der Waals surface area contributed by atoms with Gasteiger partial charge in [-0.05, 0) is 37.3 Å². The average molecular weight is 247 g/mol. The van der Waals surface area contributed by atoms with Gasteiger partial charge in [-0.15, -0.1) is 0 Å². The number of benzene rings is 1. The molecule has 0 aliphatic heterocycles. The van der Waals surface area contributed by atoms with Crippen LogP contribution >= 0.6 is 0 Å². The van der Waals surface area contributed by atoms with Gasteiger partial charge < -0.3 is 5.32 Å². The van der Waals surface area contributed by atoms with E-state index in [4.69, 9.17) is 0 Å². The van der Waals surface area contributed by atoms with E-state index in [1.165, 1.54) is 36.8 Å². The van der Waals surface area contributed by atoms with Crippen LogP contribution in [0.2, 0.25) is 0 Å². The lowest BCUT2D eigenvalue weighted by Crippen LogP contribution is -2.30. The second-order valence-corrected chi connectivity index (χ2v) is 5.23. The molecular weight excluding hydrogens is 218 g/mol. The molecule has 1 rings (SSSR count). The van der Waals surface area contributed by atoms with Crippen LogP contribution in [0.15, 0.2) is 24.3 Å². The summed E-state index contributed by atoms with van der Waals surface area (Å²) in [5, 5.41) is 3.76. The number of hydrogen-bond donors (Lipinski definition) is 1. The minimum Gasteiger partial charge on any atom is -0.307 e. The summed E-state index contributed by atoms with van der Waals surface area (Å²) in [6.45, 7) is 9.02. The maximum absolute atomic E-state index is 3.76. The third-order valence-electron chi connectivity index (χ3n) is 3.77. The third kappa shape index (κ3) is 4.81. The fourth-order valence-electron chi connectivity index (χ4n) is 2.35. The van der Waals surface area contributed by atoms with Gasteiger partial charge in [0.2, 0.25) is 0 Å². The summed E-state index contributed by atoms with van der Waals surface area (Å²) in [6, 6.07) is 10.1. The molecule has 2 unspecified atom stereocenters. The van der Waals surface area contributed by atoms with Gasteiger partial charge in [-0.3, -0.25) is 0 Å². The third-order valence-corrected chi connectivity index (χ3v) is 3.77. The predicted octanol–water partition coefficient (Wildman–Crippen LogP) is 4.87. The highest BCUT2D eigenvalue weighted by atomic mass is 14.9. The van der Waals surface area contributed by atoms with Crippen molar-refractivity contribution >= 4 is 0 Å². The Bertz CT molecular complexity index is 315. The molecule has 0 amide bonds. The van der Waals surface area contributed by atoms with Crippen molar-refractivity contribution in [3.63, 3.8) is 0 Å². The summed E-state index contributed by atoms with van der Waals surface area (Å²) < 4.78 is 0. The van der Waals surface area contributed by atoms with E-state index in [0.717, 1.165) is 6.42 Å². The standard InChI is InChI=1S/C17H29N/c1-5-8-9-17(7-3)18-14(4)16-12-10-15(6-2)11-13-16/h10-14,17-18H,5-9H2,1-4H3. The highest BCUT2D eigenvalue weighted by Crippen LogP contribution is 2.16. The van der Waals surface area contributed by atoms with E-state index >= 15 is 0 Å². The highest BCUT2D eigenvalue weighted by Gasteiger charge is 2.11. The number of unbranched alkanes of at least 4 members (excludes halogenated alkanes) is 1. The monoisotopic (exact) mass is 247 g/mol. The Labute approximate surface area is 113 Å². The van der Waals surface area contributed by atoms with Crippen LogP contribution in [0.3, 0.4) is 0 Å². The minimum atomic E-state index is 0.456. The molecule has 0 bridgehead atoms. The van der Waals surface area contributed by atoms with Gasteiger partial charge in [0.1, 0.15) is 0 Å². The predicted molar refractivity (Wildman–Crippen MR) is 81.0 cm³/mol. The normalized spacial score (nSPS) is 14.4. The van der Waals surface area contributed by atoms with Crippen molar-refractivity contribution in [3.05, 3.63) is 35.4 Å². The molecule has 0 heterocycles. The summed E-state index contributed by atoms with van der Waals surface area (Å²) >= 11 is 0. The van der Waals surface area contributed by atoms with Gasteiger partial charge in [-0.1, -0.05) is 57.9 Å². The number of nitrogens with one attached hydrogen (secondary N) is 1. The summed E-state index contributed by atoms with van der Waals surface area (Å²) in [5.74, 6) is 0. The van der Waals surface area contributed by atoms with Crippen molar-refractivity contribution in [2.75, 3.05) is 0 Å². The van der Waals surface area contributed by atoms with Crippen LogP contribution in [-0.4, -0.2) is 6.04 Å². The average Bonchev–Trinajstić information content (AvgIpc) is 2.43. The van der Waals surface area contributed by atoms with Gasteiger partial charge in [0.25, 0.3) is 0 Å². The first-order valence-electron chi connectivity index (χ1n) is 7.56. The molecule has 2 atom stereocenters. The topological polar surface area (TPSA) is 12.0 Å². The van der Waals surface area contributed by atoms with E-state index in [2.05, 4.69) is 57.3 Å². The molecule has 102 valence electrons. The lowest BCUT2D eigenvalue weighted by atomic mass is 10.0. The molecule has 0 fully saturated rings. The Balaban J connectivity index is 2.53. The van der Waals surface area contributed by atoms with E-state index in [1.54, 1.807) is 0 Å². The smallest absolute Gasteiger partial charge is 0.0294 e. The molecule has 0 aliphatic rings. The zero-order chi connectivity index (χ0) is 13.4. The molecule has 1 N–H and O–H groups in total. The van der Waals surface area contributed by atoms with Gasteiger partial charge in [0, 0.05) is 12.1 Å². The molecule has 1 nitrogen and oxygen atoms in total. The maximum atomic E-state index is 3.76. The van der Waals surface area contributed by atoms with Gasteiger partial charge in [-0.2, -0.15) is 0 Å². The zero-order valence-electron chi connectivity index (χ0n) is 12.5. The van der Waals surface area contributed by atoms with Crippen LogP contribution < -0.4 is 5.32 Å². The summed E-state index contributed by atoms with van der Waals surface area (Å²) in [5.41, 5.74) is 2.83. The van der Waals surface area contributed by atoms with E-state index in [-0.39, 0.29) is 0 Å². The molecule has 18 heavy (non-hydrogen) atoms. The largest absolute Gasteiger partial charge is 0.307 e. The quantitative estimate of drug-likeness (QED) is 0.691. The lowest BCUT2D eigenvalue weighted by molar-refractivity contribution is 0.410. The molecule has 1 aromatic rings. The molecular formula is C17H29N. The fraction of sp³-hybridized carbons (Fsp3) is 0.647. The summed E-state index contributed by atoms with van der Waals surface area (Å²) in [7, 11) is 0. The first-order valence-corrected chi connectivity index (χ1v) is 7.56. The van der Waals surface area contributed by atoms with E-state index in [9.17, 15) is 0 Å². The van der Waals surface area contributed by atoms with Crippen LogP contribution in [0.5, 0.6) is 0 Å². The fourth-order valence-corrected chi connectivity index (χ4v) is 2.35. The van der Waals surface area contributed by atoms with Gasteiger partial charge in [0.05, 0.1) is 0 Å². The lowest BCUT2D eigenvalue weighted by Gasteiger charge is -2.22. The number of hydrogen-bond acceptors (Lipinski definition) is 1. The first-order chi connectivity index (χ1) is 8.71. The second-order valence-electron chi connectivity index (χ2n) is 5.23. The second kappa shape index (κ2) is 8.31. The Morgan fingerprint density at radius 3 is 2.22 bits per heavy atom. The highest BCUT2D eigenvalue weighted by molar-refractivity contribution is 5.24. The molecule has 0 aliphatic carbocycles. The van der Waals surface area contributed by atoms with Crippen molar-refractivity contribution in [1.29, 1.82) is 0 Å². The molecule has 1 heteroatoms. The van der Waals surface area contributed by atoms with Crippen molar-refractivity contribution in [1.82, 2.24) is 5.32 Å². The minimum absolute atomic E-state index is 0.456. The van der Waals surface area contributed by atoms with Gasteiger partial charge >= 0.3 is 0 Å². The maximum Gasteiger partial charge on any atom is 0.0294 e. The Morgan fingerprint density at radius 2 is 1.72 bits per heavy atom. The summed E-state index contributed by atoms with van der Waals surface area (Å²) in [4.78, 5) is 0. The zero-order valence-corrected chi connectivity index (χ0v) is 12.5. The SMILES string of the molecule is CCCCC(CC)NC(C)c1ccc(CC)cc1. The van der Waals surface area contributed by atoms with Crippen LogP contribution in [0, 0.1) is 0 Å². The van der Waals surface area contributed by atoms with Crippen LogP contribution in [-0.2, 0) is 6.42 Å². The molecule has 0 saturated carbocycles. The summed E-state index contributed by atoms with van der Waals surface area (Å²) in [6.07, 6.45) is 6.25. The molecule has 1 aromatic carbocycles. The van der Waals surface area contributed by atoms with Crippen molar-refractivity contribution in [2.24, 2.45) is 0 Å². The molecule has 0 radical (unpaired) electrons. The Morgan fingerprint density at radius 1 is 1.06 bits per heavy atom.